The lowest BCUT2D eigenvalue weighted by atomic mass is 9.72. The number of benzene rings is 1. The molecule has 2 aromatic rings. The number of carbonyl (C=O) groups is 2. The Morgan fingerprint density at radius 2 is 1.85 bits per heavy atom. The van der Waals surface area contributed by atoms with E-state index in [9.17, 15) is 9.59 Å². The highest BCUT2D eigenvalue weighted by molar-refractivity contribution is 5.95. The van der Waals surface area contributed by atoms with Crippen LogP contribution in [0.5, 0.6) is 5.75 Å². The first kappa shape index (κ1) is 24.2. The van der Waals surface area contributed by atoms with Crippen molar-refractivity contribution in [1.29, 1.82) is 0 Å². The molecule has 7 heteroatoms. The van der Waals surface area contributed by atoms with Gasteiger partial charge in [0.2, 0.25) is 5.91 Å². The minimum atomic E-state index is -0.429. The quantitative estimate of drug-likeness (QED) is 0.670. The van der Waals surface area contributed by atoms with E-state index in [0.717, 1.165) is 31.4 Å². The largest absolute Gasteiger partial charge is 0.491 e. The predicted molar refractivity (Wildman–Crippen MR) is 131 cm³/mol. The van der Waals surface area contributed by atoms with Gasteiger partial charge in [0, 0.05) is 25.3 Å². The van der Waals surface area contributed by atoms with Crippen molar-refractivity contribution in [2.24, 2.45) is 5.41 Å². The van der Waals surface area contributed by atoms with Gasteiger partial charge in [-0.1, -0.05) is 24.6 Å². The summed E-state index contributed by atoms with van der Waals surface area (Å²) in [5.41, 5.74) is 2.04. The zero-order valence-electron chi connectivity index (χ0n) is 20.6. The molecule has 3 heterocycles. The maximum absolute atomic E-state index is 14.0. The van der Waals surface area contributed by atoms with Crippen LogP contribution in [0.3, 0.4) is 0 Å². The molecule has 1 aromatic heterocycles. The Labute approximate surface area is 202 Å². The van der Waals surface area contributed by atoms with Gasteiger partial charge >= 0.3 is 0 Å². The summed E-state index contributed by atoms with van der Waals surface area (Å²) in [4.78, 5) is 39.1. The van der Waals surface area contributed by atoms with Crippen LogP contribution in [0.1, 0.15) is 67.6 Å². The minimum Gasteiger partial charge on any atom is -0.491 e. The van der Waals surface area contributed by atoms with Gasteiger partial charge in [-0.05, 0) is 64.5 Å². The summed E-state index contributed by atoms with van der Waals surface area (Å²) in [5.74, 6) is 1.10. The van der Waals surface area contributed by atoms with Crippen LogP contribution in [-0.4, -0.2) is 63.9 Å². The van der Waals surface area contributed by atoms with Gasteiger partial charge in [-0.3, -0.25) is 9.59 Å². The van der Waals surface area contributed by atoms with Gasteiger partial charge in [0.1, 0.15) is 18.7 Å². The van der Waals surface area contributed by atoms with Crippen molar-refractivity contribution in [2.45, 2.75) is 65.3 Å². The number of likely N-dealkylation sites (tertiary alicyclic amines) is 1. The Bertz CT molecular complexity index is 1010. The normalized spacial score (nSPS) is 19.2. The van der Waals surface area contributed by atoms with E-state index in [2.05, 4.69) is 35.9 Å². The Kier molecular flexibility index (Phi) is 7.49. The summed E-state index contributed by atoms with van der Waals surface area (Å²) in [7, 11) is 0. The van der Waals surface area contributed by atoms with Crippen molar-refractivity contribution >= 4 is 11.8 Å². The van der Waals surface area contributed by atoms with Crippen LogP contribution in [0.4, 0.5) is 0 Å². The van der Waals surface area contributed by atoms with Crippen molar-refractivity contribution in [3.8, 4) is 5.75 Å². The molecule has 0 saturated carbocycles. The van der Waals surface area contributed by atoms with Gasteiger partial charge in [-0.25, -0.2) is 9.97 Å². The summed E-state index contributed by atoms with van der Waals surface area (Å²) in [6, 6.07) is 8.32. The first-order chi connectivity index (χ1) is 16.4. The lowest BCUT2D eigenvalue weighted by Gasteiger charge is -2.44. The highest BCUT2D eigenvalue weighted by Gasteiger charge is 2.44. The highest BCUT2D eigenvalue weighted by Crippen LogP contribution is 2.40. The van der Waals surface area contributed by atoms with Gasteiger partial charge < -0.3 is 14.5 Å². The van der Waals surface area contributed by atoms with Crippen LogP contribution in [-0.2, 0) is 11.2 Å². The van der Waals surface area contributed by atoms with Crippen LogP contribution in [0.15, 0.2) is 36.8 Å². The third-order valence-corrected chi connectivity index (χ3v) is 7.40. The highest BCUT2D eigenvalue weighted by atomic mass is 16.5. The Morgan fingerprint density at radius 1 is 1.09 bits per heavy atom. The molecule has 182 valence electrons. The molecule has 0 aliphatic carbocycles. The van der Waals surface area contributed by atoms with E-state index < -0.39 is 5.41 Å². The number of hydrogen-bond donors (Lipinski definition) is 0. The number of carbonyl (C=O) groups excluding carboxylic acids is 2. The smallest absolute Gasteiger partial charge is 0.257 e. The summed E-state index contributed by atoms with van der Waals surface area (Å²) >= 11 is 0. The molecule has 0 unspecified atom stereocenters. The number of para-hydroxylation sites is 1. The topological polar surface area (TPSA) is 75.6 Å². The van der Waals surface area contributed by atoms with Crippen LogP contribution in [0.25, 0.3) is 0 Å². The fourth-order valence-corrected chi connectivity index (χ4v) is 5.26. The standard InChI is InChI=1S/C27H36N4O3/c1-20(2)31-16-17-34-24-10-5-4-8-22(24)9-6-7-11-27(26(31)33)12-14-30(15-13-27)25(32)23-18-28-19-29-21(23)3/h4-5,8,10,18-20H,6-7,9,11-17H2,1-3H3. The minimum absolute atomic E-state index is 0.0423. The Morgan fingerprint density at radius 3 is 2.59 bits per heavy atom. The average Bonchev–Trinajstić information content (AvgIpc) is 2.84. The van der Waals surface area contributed by atoms with E-state index in [0.29, 0.717) is 50.3 Å². The average molecular weight is 465 g/mol. The second-order valence-electron chi connectivity index (χ2n) is 9.85. The lowest BCUT2D eigenvalue weighted by Crippen LogP contribution is -2.53. The van der Waals surface area contributed by atoms with Gasteiger partial charge in [0.25, 0.3) is 5.91 Å². The summed E-state index contributed by atoms with van der Waals surface area (Å²) in [6.07, 6.45) is 8.22. The molecular formula is C27H36N4O3. The van der Waals surface area contributed by atoms with Gasteiger partial charge in [0.15, 0.2) is 0 Å². The molecule has 7 nitrogen and oxygen atoms in total. The Hall–Kier alpha value is -2.96. The summed E-state index contributed by atoms with van der Waals surface area (Å²) < 4.78 is 6.11. The lowest BCUT2D eigenvalue weighted by molar-refractivity contribution is -0.148. The van der Waals surface area contributed by atoms with Crippen molar-refractivity contribution in [3.05, 3.63) is 53.6 Å². The molecule has 1 fully saturated rings. The Balaban J connectivity index is 1.52. The molecule has 2 aliphatic rings. The van der Waals surface area contributed by atoms with Gasteiger partial charge in [-0.15, -0.1) is 0 Å². The molecule has 0 bridgehead atoms. The van der Waals surface area contributed by atoms with Gasteiger partial charge in [-0.2, -0.15) is 0 Å². The second-order valence-corrected chi connectivity index (χ2v) is 9.85. The number of rotatable bonds is 2. The van der Waals surface area contributed by atoms with E-state index in [1.165, 1.54) is 11.9 Å². The fourth-order valence-electron chi connectivity index (χ4n) is 5.26. The van der Waals surface area contributed by atoms with E-state index in [1.54, 1.807) is 6.20 Å². The third kappa shape index (κ3) is 5.08. The van der Waals surface area contributed by atoms with E-state index in [4.69, 9.17) is 4.74 Å². The van der Waals surface area contributed by atoms with E-state index in [1.807, 2.05) is 28.9 Å². The molecular weight excluding hydrogens is 428 g/mol. The predicted octanol–water partition coefficient (Wildman–Crippen LogP) is 4.05. The molecule has 0 atom stereocenters. The van der Waals surface area contributed by atoms with Crippen molar-refractivity contribution in [2.75, 3.05) is 26.2 Å². The molecule has 1 saturated heterocycles. The van der Waals surface area contributed by atoms with Crippen molar-refractivity contribution in [3.63, 3.8) is 0 Å². The van der Waals surface area contributed by atoms with Crippen LogP contribution in [0, 0.1) is 12.3 Å². The molecule has 0 radical (unpaired) electrons. The van der Waals surface area contributed by atoms with Crippen LogP contribution in [0.2, 0.25) is 0 Å². The fraction of sp³-hybridized carbons (Fsp3) is 0.556. The number of nitrogens with zero attached hydrogens (tertiary/aromatic N) is 4. The number of fused-ring (bicyclic) bond motifs is 1. The number of amides is 2. The van der Waals surface area contributed by atoms with Gasteiger partial charge in [0.05, 0.1) is 23.2 Å². The number of piperidine rings is 1. The number of aryl methyl sites for hydroxylation is 2. The van der Waals surface area contributed by atoms with Crippen molar-refractivity contribution in [1.82, 2.24) is 19.8 Å². The van der Waals surface area contributed by atoms with Crippen molar-refractivity contribution < 1.29 is 14.3 Å². The van der Waals surface area contributed by atoms with Crippen LogP contribution < -0.4 is 4.74 Å². The zero-order valence-corrected chi connectivity index (χ0v) is 20.6. The summed E-state index contributed by atoms with van der Waals surface area (Å²) in [6.45, 7) is 8.17. The third-order valence-electron chi connectivity index (χ3n) is 7.40. The maximum atomic E-state index is 14.0. The SMILES string of the molecule is Cc1ncncc1C(=O)N1CCC2(CCCCc3ccccc3OCCN(C(C)C)C2=O)CC1. The molecule has 2 aliphatic heterocycles. The monoisotopic (exact) mass is 464 g/mol. The zero-order chi connectivity index (χ0) is 24.1. The number of hydrogen-bond acceptors (Lipinski definition) is 5. The molecule has 1 aromatic carbocycles. The van der Waals surface area contributed by atoms with Crippen LogP contribution >= 0.6 is 0 Å². The maximum Gasteiger partial charge on any atom is 0.257 e. The first-order valence-electron chi connectivity index (χ1n) is 12.5. The molecule has 1 spiro atoms. The summed E-state index contributed by atoms with van der Waals surface area (Å²) in [5, 5.41) is 0. The second kappa shape index (κ2) is 10.5. The van der Waals surface area contributed by atoms with E-state index in [-0.39, 0.29) is 17.9 Å². The van der Waals surface area contributed by atoms with E-state index >= 15 is 0 Å². The molecule has 0 N–H and O–H groups in total. The number of aromatic nitrogens is 2. The molecule has 2 amide bonds. The number of ether oxygens (including phenoxy) is 1. The molecule has 4 rings (SSSR count). The molecule has 34 heavy (non-hydrogen) atoms. The first-order valence-corrected chi connectivity index (χ1v) is 12.5.